The Kier molecular flexibility index (Phi) is 11.3. The van der Waals surface area contributed by atoms with Crippen molar-refractivity contribution in [1.29, 1.82) is 0 Å². The van der Waals surface area contributed by atoms with Crippen molar-refractivity contribution in [1.82, 2.24) is 44.4 Å². The average molecular weight is 1020 g/mol. The Balaban J connectivity index is 1.29. The Morgan fingerprint density at radius 1 is 0.957 bits per heavy atom. The summed E-state index contributed by atoms with van der Waals surface area (Å²) in [6, 6.07) is 5.87. The molecule has 14 nitrogen and oxygen atoms in total. The van der Waals surface area contributed by atoms with E-state index in [0.717, 1.165) is 48.7 Å². The van der Waals surface area contributed by atoms with Crippen molar-refractivity contribution in [2.75, 3.05) is 11.0 Å². The van der Waals surface area contributed by atoms with Crippen LogP contribution in [0.5, 0.6) is 0 Å². The van der Waals surface area contributed by atoms with E-state index in [4.69, 9.17) is 11.6 Å². The highest BCUT2D eigenvalue weighted by Crippen LogP contribution is 2.68. The Labute approximate surface area is 383 Å². The van der Waals surface area contributed by atoms with Crippen molar-refractivity contribution in [2.45, 2.75) is 62.6 Å². The van der Waals surface area contributed by atoms with E-state index in [0.29, 0.717) is 27.6 Å². The molecule has 3 atom stereocenters. The van der Waals surface area contributed by atoms with Crippen LogP contribution in [0.3, 0.4) is 0 Å². The van der Waals surface area contributed by atoms with Crippen LogP contribution in [0.25, 0.3) is 38.9 Å². The highest BCUT2D eigenvalue weighted by atomic mass is 35.5. The maximum absolute atomic E-state index is 15.6. The number of anilines is 1. The summed E-state index contributed by atoms with van der Waals surface area (Å²) in [6.07, 6.45) is -12.8. The number of hydrogen-bond donors (Lipinski definition) is 2. The van der Waals surface area contributed by atoms with Crippen molar-refractivity contribution in [2.24, 2.45) is 5.92 Å². The molecule has 4 heterocycles. The van der Waals surface area contributed by atoms with Gasteiger partial charge in [0.15, 0.2) is 11.6 Å². The molecule has 1 fully saturated rings. The molecular formula is C41H27ClF12N10O4S. The van der Waals surface area contributed by atoms with Crippen molar-refractivity contribution in [3.63, 3.8) is 0 Å². The molecule has 0 radical (unpaired) electrons. The Morgan fingerprint density at radius 3 is 2.32 bits per heavy atom. The van der Waals surface area contributed by atoms with Crippen LogP contribution in [0, 0.1) is 17.6 Å². The van der Waals surface area contributed by atoms with Crippen molar-refractivity contribution >= 4 is 55.2 Å². The van der Waals surface area contributed by atoms with E-state index in [9.17, 15) is 57.1 Å². The molecule has 0 aliphatic heterocycles. The normalized spacial score (nSPS) is 17.1. The SMILES string of the molecule is CS(=O)(=O)Nc1nn(CC(F)(F)F)c2c(-n3c([C@H](Cc4cc(F)cc(F)c4)NC(=O)Cn4nc(C(F)F)c5c4C(F)(F)[C@@H]4C[C@H]54)nc4cc(-c5nccc(C(F)(F)F)n5)ccc4c3=O)ccc(Cl)c12. The molecule has 4 aromatic heterocycles. The molecule has 3 aromatic carbocycles. The first-order valence-electron chi connectivity index (χ1n) is 19.9. The largest absolute Gasteiger partial charge is 0.433 e. The predicted octanol–water partition coefficient (Wildman–Crippen LogP) is 8.52. The zero-order valence-electron chi connectivity index (χ0n) is 34.4. The fourth-order valence-corrected chi connectivity index (χ4v) is 9.30. The van der Waals surface area contributed by atoms with Crippen LogP contribution in [-0.4, -0.2) is 65.8 Å². The topological polar surface area (TPSA) is 172 Å². The molecule has 362 valence electrons. The highest BCUT2D eigenvalue weighted by molar-refractivity contribution is 7.92. The van der Waals surface area contributed by atoms with E-state index in [1.165, 1.54) is 0 Å². The molecule has 0 saturated heterocycles. The first kappa shape index (κ1) is 47.3. The van der Waals surface area contributed by atoms with Crippen LogP contribution in [-0.2, 0) is 46.4 Å². The third kappa shape index (κ3) is 8.91. The van der Waals surface area contributed by atoms with Gasteiger partial charge in [-0.05, 0) is 60.4 Å². The minimum Gasteiger partial charge on any atom is -0.344 e. The van der Waals surface area contributed by atoms with Gasteiger partial charge in [0, 0.05) is 35.7 Å². The predicted molar refractivity (Wildman–Crippen MR) is 219 cm³/mol. The van der Waals surface area contributed by atoms with Gasteiger partial charge in [-0.2, -0.15) is 45.3 Å². The number of benzene rings is 3. The molecule has 0 unspecified atom stereocenters. The number of halogens is 13. The van der Waals surface area contributed by atoms with Gasteiger partial charge in [-0.3, -0.25) is 28.2 Å². The molecule has 9 rings (SSSR count). The number of alkyl halides is 10. The summed E-state index contributed by atoms with van der Waals surface area (Å²) in [7, 11) is -4.31. The maximum Gasteiger partial charge on any atom is 0.433 e. The van der Waals surface area contributed by atoms with Gasteiger partial charge in [-0.15, -0.1) is 0 Å². The van der Waals surface area contributed by atoms with Crippen LogP contribution in [0.1, 0.15) is 58.8 Å². The van der Waals surface area contributed by atoms with Gasteiger partial charge in [-0.1, -0.05) is 17.7 Å². The van der Waals surface area contributed by atoms with Gasteiger partial charge < -0.3 is 5.32 Å². The number of carbonyl (C=O) groups excluding carboxylic acids is 1. The van der Waals surface area contributed by atoms with E-state index in [-0.39, 0.29) is 22.2 Å². The highest BCUT2D eigenvalue weighted by Gasteiger charge is 2.67. The number of fused-ring (bicyclic) bond motifs is 5. The monoisotopic (exact) mass is 1020 g/mol. The molecule has 1 saturated carbocycles. The Morgan fingerprint density at radius 2 is 1.67 bits per heavy atom. The maximum atomic E-state index is 15.6. The van der Waals surface area contributed by atoms with Crippen molar-refractivity contribution < 1.29 is 65.9 Å². The van der Waals surface area contributed by atoms with Crippen LogP contribution in [0.15, 0.2) is 65.6 Å². The second-order valence-electron chi connectivity index (χ2n) is 16.2. The zero-order valence-corrected chi connectivity index (χ0v) is 36.0. The average Bonchev–Trinajstić information content (AvgIpc) is 3.76. The van der Waals surface area contributed by atoms with Crippen LogP contribution in [0.4, 0.5) is 58.5 Å². The molecule has 28 heteroatoms. The number of aromatic nitrogens is 8. The second kappa shape index (κ2) is 16.4. The standard InChI is InChI=1S/C41H27ClF12N10O4S/c1-69(67,68)61-36-30-23(42)4-5-26(32(30)63(60-36)15-39(47,48)49)64-37(57-24-11-17(2-3-20(24)38(64)66)35-55-7-6-27(58-35)41(52,53)54)25(10-16-8-18(43)12-19(44)9-16)56-28(65)14-62-33-29(31(59-62)34(45)46)21-13-22(21)40(33,50)51/h2-9,11-12,21-22,25,34H,10,13-15H2,1H3,(H,56,65)(H,60,61)/t21-,22+,25-/m0/s1. The number of amides is 1. The van der Waals surface area contributed by atoms with Crippen molar-refractivity contribution in [3.8, 4) is 17.1 Å². The molecule has 0 bridgehead atoms. The summed E-state index contributed by atoms with van der Waals surface area (Å²) in [5.41, 5.74) is -7.12. The molecular weight excluding hydrogens is 992 g/mol. The van der Waals surface area contributed by atoms with Crippen molar-refractivity contribution in [3.05, 3.63) is 122 Å². The number of nitrogens with one attached hydrogen (secondary N) is 2. The van der Waals surface area contributed by atoms with Crippen LogP contribution < -0.4 is 15.6 Å². The lowest BCUT2D eigenvalue weighted by molar-refractivity contribution is -0.142. The molecule has 7 aromatic rings. The third-order valence-corrected chi connectivity index (χ3v) is 12.1. The number of nitrogens with zero attached hydrogens (tertiary/aromatic N) is 8. The number of sulfonamides is 1. The quantitative estimate of drug-likeness (QED) is 0.114. The zero-order chi connectivity index (χ0) is 49.9. The molecule has 2 aliphatic rings. The lowest BCUT2D eigenvalue weighted by Gasteiger charge is -2.24. The van der Waals surface area contributed by atoms with Gasteiger partial charge in [-0.25, -0.2) is 40.9 Å². The molecule has 2 N–H and O–H groups in total. The van der Waals surface area contributed by atoms with E-state index in [2.05, 4.69) is 30.5 Å². The summed E-state index contributed by atoms with van der Waals surface area (Å²) in [6.45, 7) is -3.16. The Hall–Kier alpha value is -6.77. The van der Waals surface area contributed by atoms with Gasteiger partial charge >= 0.3 is 12.4 Å². The van der Waals surface area contributed by atoms with E-state index < -0.39 is 168 Å². The molecule has 2 aliphatic carbocycles. The Bertz CT molecular complexity index is 3430. The summed E-state index contributed by atoms with van der Waals surface area (Å²) < 4.78 is 201. The lowest BCUT2D eigenvalue weighted by atomic mass is 10.0. The second-order valence-corrected chi connectivity index (χ2v) is 18.3. The van der Waals surface area contributed by atoms with E-state index in [1.807, 2.05) is 4.72 Å². The lowest BCUT2D eigenvalue weighted by Crippen LogP contribution is -2.38. The minimum absolute atomic E-state index is 0.123. The summed E-state index contributed by atoms with van der Waals surface area (Å²) in [4.78, 5) is 41.1. The summed E-state index contributed by atoms with van der Waals surface area (Å²) in [5.74, 6) is -11.7. The third-order valence-electron chi connectivity index (χ3n) is 11.2. The number of hydrogen-bond acceptors (Lipinski definition) is 9. The molecule has 1 amide bonds. The van der Waals surface area contributed by atoms with Gasteiger partial charge in [0.1, 0.15) is 47.6 Å². The number of rotatable bonds is 12. The van der Waals surface area contributed by atoms with E-state index >= 15 is 13.6 Å². The summed E-state index contributed by atoms with van der Waals surface area (Å²) >= 11 is 6.47. The van der Waals surface area contributed by atoms with E-state index in [1.54, 1.807) is 0 Å². The van der Waals surface area contributed by atoms with Gasteiger partial charge in [0.05, 0.1) is 44.8 Å². The fraction of sp³-hybridized carbons (Fsp3) is 0.293. The van der Waals surface area contributed by atoms with Gasteiger partial charge in [0.25, 0.3) is 17.9 Å². The van der Waals surface area contributed by atoms with Crippen LogP contribution in [0.2, 0.25) is 5.02 Å². The first-order chi connectivity index (χ1) is 32.2. The molecule has 69 heavy (non-hydrogen) atoms. The molecule has 0 spiro atoms. The fourth-order valence-electron chi connectivity index (χ4n) is 8.56. The van der Waals surface area contributed by atoms with Gasteiger partial charge in [0.2, 0.25) is 15.9 Å². The van der Waals surface area contributed by atoms with Crippen LogP contribution >= 0.6 is 11.6 Å². The summed E-state index contributed by atoms with van der Waals surface area (Å²) in [5, 5.41) is 8.50. The first-order valence-corrected chi connectivity index (χ1v) is 22.2. The smallest absolute Gasteiger partial charge is 0.344 e. The number of carbonyl (C=O) groups is 1. The minimum atomic E-state index is -5.09.